The van der Waals surface area contributed by atoms with Gasteiger partial charge in [-0.15, -0.1) is 0 Å². The monoisotopic (exact) mass is 228 g/mol. The van der Waals surface area contributed by atoms with Crippen molar-refractivity contribution >= 4 is 5.91 Å². The molecule has 0 bridgehead atoms. The summed E-state index contributed by atoms with van der Waals surface area (Å²) in [6.45, 7) is 5.66. The van der Waals surface area contributed by atoms with Gasteiger partial charge in [0.2, 0.25) is 5.91 Å². The molecule has 1 rings (SSSR count). The normalized spacial score (nSPS) is 18.6. The zero-order valence-corrected chi connectivity index (χ0v) is 10.2. The third-order valence-electron chi connectivity index (χ3n) is 3.05. The number of amides is 1. The highest BCUT2D eigenvalue weighted by atomic mass is 16.3. The molecule has 1 amide bonds. The van der Waals surface area contributed by atoms with Crippen LogP contribution in [-0.4, -0.2) is 48.2 Å². The molecule has 0 saturated carbocycles. The first kappa shape index (κ1) is 13.5. The van der Waals surface area contributed by atoms with Gasteiger partial charge in [0.25, 0.3) is 0 Å². The van der Waals surface area contributed by atoms with E-state index in [2.05, 4.69) is 17.1 Å². The Bertz CT molecular complexity index is 201. The summed E-state index contributed by atoms with van der Waals surface area (Å²) < 4.78 is 0. The van der Waals surface area contributed by atoms with Crippen LogP contribution in [0.4, 0.5) is 0 Å². The van der Waals surface area contributed by atoms with Gasteiger partial charge in [-0.25, -0.2) is 0 Å². The maximum Gasteiger partial charge on any atom is 0.220 e. The first-order chi connectivity index (χ1) is 7.76. The first-order valence-electron chi connectivity index (χ1n) is 6.38. The zero-order valence-electron chi connectivity index (χ0n) is 10.2. The fraction of sp³-hybridized carbons (Fsp3) is 0.917. The number of aliphatic hydroxyl groups is 1. The van der Waals surface area contributed by atoms with E-state index in [9.17, 15) is 4.79 Å². The maximum absolute atomic E-state index is 11.4. The van der Waals surface area contributed by atoms with Crippen molar-refractivity contribution in [3.63, 3.8) is 0 Å². The molecule has 0 aromatic heterocycles. The lowest BCUT2D eigenvalue weighted by Crippen LogP contribution is -2.44. The fourth-order valence-corrected chi connectivity index (χ4v) is 2.16. The zero-order chi connectivity index (χ0) is 11.8. The fourth-order valence-electron chi connectivity index (χ4n) is 2.16. The molecule has 4 nitrogen and oxygen atoms in total. The average molecular weight is 228 g/mol. The van der Waals surface area contributed by atoms with E-state index >= 15 is 0 Å². The van der Waals surface area contributed by atoms with Crippen LogP contribution in [0.2, 0.25) is 0 Å². The standard InChI is InChI=1S/C12H24N2O2/c1-2-7-14-8-5-11(6-9-14)13-12(16)4-3-10-15/h11,15H,2-10H2,1H3,(H,13,16). The second-order valence-corrected chi connectivity index (χ2v) is 4.51. The second kappa shape index (κ2) is 7.63. The third-order valence-corrected chi connectivity index (χ3v) is 3.05. The Kier molecular flexibility index (Phi) is 6.42. The minimum absolute atomic E-state index is 0.0861. The lowest BCUT2D eigenvalue weighted by Gasteiger charge is -2.32. The number of hydrogen-bond acceptors (Lipinski definition) is 3. The molecule has 16 heavy (non-hydrogen) atoms. The molecule has 1 heterocycles. The van der Waals surface area contributed by atoms with Crippen LogP contribution in [-0.2, 0) is 4.79 Å². The van der Waals surface area contributed by atoms with Crippen molar-refractivity contribution in [1.82, 2.24) is 10.2 Å². The Morgan fingerprint density at radius 2 is 2.12 bits per heavy atom. The van der Waals surface area contributed by atoms with Crippen LogP contribution in [0.1, 0.15) is 39.0 Å². The molecular formula is C12H24N2O2. The van der Waals surface area contributed by atoms with E-state index in [4.69, 9.17) is 5.11 Å². The Morgan fingerprint density at radius 3 is 2.69 bits per heavy atom. The Hall–Kier alpha value is -0.610. The molecule has 1 aliphatic rings. The SMILES string of the molecule is CCCN1CCC(NC(=O)CCCO)CC1. The van der Waals surface area contributed by atoms with Crippen molar-refractivity contribution in [2.45, 2.75) is 45.1 Å². The number of piperidine rings is 1. The van der Waals surface area contributed by atoms with Crippen LogP contribution in [0.15, 0.2) is 0 Å². The van der Waals surface area contributed by atoms with Crippen LogP contribution >= 0.6 is 0 Å². The molecule has 0 aromatic rings. The Labute approximate surface area is 98.0 Å². The molecule has 4 heteroatoms. The van der Waals surface area contributed by atoms with Crippen LogP contribution in [0.25, 0.3) is 0 Å². The van der Waals surface area contributed by atoms with Gasteiger partial charge in [-0.1, -0.05) is 6.92 Å². The van der Waals surface area contributed by atoms with E-state index in [1.54, 1.807) is 0 Å². The predicted octanol–water partition coefficient (Wildman–Crippen LogP) is 0.749. The number of nitrogens with zero attached hydrogens (tertiary/aromatic N) is 1. The van der Waals surface area contributed by atoms with Crippen molar-refractivity contribution in [2.24, 2.45) is 0 Å². The van der Waals surface area contributed by atoms with Crippen molar-refractivity contribution < 1.29 is 9.90 Å². The maximum atomic E-state index is 11.4. The number of hydrogen-bond donors (Lipinski definition) is 2. The summed E-state index contributed by atoms with van der Waals surface area (Å²) in [5.41, 5.74) is 0. The molecule has 0 aromatic carbocycles. The minimum Gasteiger partial charge on any atom is -0.396 e. The largest absolute Gasteiger partial charge is 0.396 e. The highest BCUT2D eigenvalue weighted by Crippen LogP contribution is 2.10. The third kappa shape index (κ3) is 4.94. The van der Waals surface area contributed by atoms with E-state index in [0.29, 0.717) is 18.9 Å². The highest BCUT2D eigenvalue weighted by molar-refractivity contribution is 5.76. The summed E-state index contributed by atoms with van der Waals surface area (Å²) in [4.78, 5) is 13.9. The molecule has 2 N–H and O–H groups in total. The number of carbonyl (C=O) groups is 1. The minimum atomic E-state index is 0.0861. The van der Waals surface area contributed by atoms with Gasteiger partial charge in [0.05, 0.1) is 0 Å². The van der Waals surface area contributed by atoms with Crippen LogP contribution in [0.5, 0.6) is 0 Å². The molecule has 1 saturated heterocycles. The topological polar surface area (TPSA) is 52.6 Å². The Balaban J connectivity index is 2.14. The smallest absolute Gasteiger partial charge is 0.220 e. The van der Waals surface area contributed by atoms with Crippen LogP contribution < -0.4 is 5.32 Å². The molecule has 1 aliphatic heterocycles. The number of rotatable bonds is 6. The summed E-state index contributed by atoms with van der Waals surface area (Å²) >= 11 is 0. The molecule has 0 aliphatic carbocycles. The van der Waals surface area contributed by atoms with Gasteiger partial charge in [-0.2, -0.15) is 0 Å². The number of aliphatic hydroxyl groups excluding tert-OH is 1. The van der Waals surface area contributed by atoms with E-state index in [1.807, 2.05) is 0 Å². The molecule has 0 unspecified atom stereocenters. The molecule has 94 valence electrons. The average Bonchev–Trinajstić information content (AvgIpc) is 2.29. The number of nitrogens with one attached hydrogen (secondary N) is 1. The summed E-state index contributed by atoms with van der Waals surface area (Å²) in [7, 11) is 0. The van der Waals surface area contributed by atoms with Gasteiger partial charge >= 0.3 is 0 Å². The predicted molar refractivity (Wildman–Crippen MR) is 64.2 cm³/mol. The summed E-state index contributed by atoms with van der Waals surface area (Å²) in [6.07, 6.45) is 4.34. The summed E-state index contributed by atoms with van der Waals surface area (Å²) in [5.74, 6) is 0.0861. The lowest BCUT2D eigenvalue weighted by molar-refractivity contribution is -0.122. The molecule has 0 spiro atoms. The van der Waals surface area contributed by atoms with Crippen molar-refractivity contribution in [3.8, 4) is 0 Å². The summed E-state index contributed by atoms with van der Waals surface area (Å²) in [5, 5.41) is 11.7. The molecule has 0 atom stereocenters. The van der Waals surface area contributed by atoms with Gasteiger partial charge in [-0.3, -0.25) is 4.79 Å². The van der Waals surface area contributed by atoms with Gasteiger partial charge in [-0.05, 0) is 32.2 Å². The van der Waals surface area contributed by atoms with E-state index < -0.39 is 0 Å². The van der Waals surface area contributed by atoms with Crippen LogP contribution in [0.3, 0.4) is 0 Å². The van der Waals surface area contributed by atoms with Crippen molar-refractivity contribution in [2.75, 3.05) is 26.2 Å². The van der Waals surface area contributed by atoms with Gasteiger partial charge in [0.15, 0.2) is 0 Å². The number of carbonyl (C=O) groups excluding carboxylic acids is 1. The van der Waals surface area contributed by atoms with E-state index in [1.165, 1.54) is 13.0 Å². The molecular weight excluding hydrogens is 204 g/mol. The first-order valence-corrected chi connectivity index (χ1v) is 6.38. The highest BCUT2D eigenvalue weighted by Gasteiger charge is 2.19. The molecule has 0 radical (unpaired) electrons. The van der Waals surface area contributed by atoms with Gasteiger partial charge < -0.3 is 15.3 Å². The lowest BCUT2D eigenvalue weighted by atomic mass is 10.0. The number of likely N-dealkylation sites (tertiary alicyclic amines) is 1. The second-order valence-electron chi connectivity index (χ2n) is 4.51. The van der Waals surface area contributed by atoms with E-state index in [-0.39, 0.29) is 12.5 Å². The Morgan fingerprint density at radius 1 is 1.44 bits per heavy atom. The van der Waals surface area contributed by atoms with E-state index in [0.717, 1.165) is 25.9 Å². The molecule has 1 fully saturated rings. The summed E-state index contributed by atoms with van der Waals surface area (Å²) in [6, 6.07) is 0.347. The van der Waals surface area contributed by atoms with Crippen LogP contribution in [0, 0.1) is 0 Å². The van der Waals surface area contributed by atoms with Gasteiger partial charge in [0.1, 0.15) is 0 Å². The van der Waals surface area contributed by atoms with Crippen molar-refractivity contribution in [3.05, 3.63) is 0 Å². The van der Waals surface area contributed by atoms with Gasteiger partial charge in [0, 0.05) is 32.2 Å². The van der Waals surface area contributed by atoms with Crippen molar-refractivity contribution in [1.29, 1.82) is 0 Å². The quantitative estimate of drug-likeness (QED) is 0.705.